The second kappa shape index (κ2) is 9.20. The lowest BCUT2D eigenvalue weighted by Gasteiger charge is -2.18. The molecule has 0 radical (unpaired) electrons. The Morgan fingerprint density at radius 3 is 2.74 bits per heavy atom. The lowest BCUT2D eigenvalue weighted by molar-refractivity contribution is 0.595. The van der Waals surface area contributed by atoms with Gasteiger partial charge in [-0.1, -0.05) is 17.3 Å². The van der Waals surface area contributed by atoms with E-state index in [0.717, 1.165) is 0 Å². The first-order valence-corrected chi connectivity index (χ1v) is 10.4. The molecule has 1 aliphatic carbocycles. The maximum Gasteiger partial charge on any atom is 0.240 e. The van der Waals surface area contributed by atoms with Crippen molar-refractivity contribution in [2.75, 3.05) is 17.7 Å². The summed E-state index contributed by atoms with van der Waals surface area (Å²) in [6.07, 6.45) is 8.62. The van der Waals surface area contributed by atoms with Gasteiger partial charge in [-0.2, -0.15) is 9.89 Å². The summed E-state index contributed by atoms with van der Waals surface area (Å²) in [6.45, 7) is 3.53. The Morgan fingerprint density at radius 1 is 1.33 bits per heavy atom. The lowest BCUT2D eigenvalue weighted by Crippen LogP contribution is -2.27. The van der Waals surface area contributed by atoms with Crippen LogP contribution in [0.25, 0.3) is 0 Å². The van der Waals surface area contributed by atoms with E-state index in [-0.39, 0.29) is 10.9 Å². The maximum absolute atomic E-state index is 12.0. The van der Waals surface area contributed by atoms with Crippen molar-refractivity contribution in [1.82, 2.24) is 14.7 Å². The third kappa shape index (κ3) is 5.68. The van der Waals surface area contributed by atoms with Crippen LogP contribution in [0.3, 0.4) is 0 Å². The van der Waals surface area contributed by atoms with Crippen LogP contribution < -0.4 is 15.4 Å². The Kier molecular flexibility index (Phi) is 7.22. The van der Waals surface area contributed by atoms with Crippen molar-refractivity contribution in [3.63, 3.8) is 0 Å². The summed E-state index contributed by atoms with van der Waals surface area (Å²) in [4.78, 5) is 19.4. The maximum atomic E-state index is 12.0. The highest BCUT2D eigenvalue weighted by Crippen LogP contribution is 2.23. The summed E-state index contributed by atoms with van der Waals surface area (Å²) >= 11 is 3.37. The van der Waals surface area contributed by atoms with Crippen molar-refractivity contribution < 1.29 is 8.42 Å². The van der Waals surface area contributed by atoms with Crippen molar-refractivity contribution in [2.45, 2.75) is 32.4 Å². The standard InChI is InChI=1S/C16H21BrN6O3S/c1-10(11(2)23-24)20-15-14(17)9-19-16(22-15)21-12-6-4-5-7-13(8-12)27(25,26)18-3/h4-5,7-11,18H,6H2,1-3H3,(H2,19,20,21,22). The van der Waals surface area contributed by atoms with Crippen LogP contribution in [0.15, 0.2) is 50.8 Å². The highest BCUT2D eigenvalue weighted by Gasteiger charge is 2.17. The lowest BCUT2D eigenvalue weighted by atomic mass is 10.2. The minimum atomic E-state index is -3.57. The molecule has 27 heavy (non-hydrogen) atoms. The third-order valence-electron chi connectivity index (χ3n) is 3.90. The van der Waals surface area contributed by atoms with E-state index < -0.39 is 16.1 Å². The van der Waals surface area contributed by atoms with Crippen molar-refractivity contribution in [3.05, 3.63) is 50.5 Å². The molecule has 146 valence electrons. The van der Waals surface area contributed by atoms with Crippen molar-refractivity contribution in [3.8, 4) is 0 Å². The number of anilines is 2. The summed E-state index contributed by atoms with van der Waals surface area (Å²) in [5, 5.41) is 9.16. The SMILES string of the molecule is CNS(=O)(=O)C1=CC=CCC(Nc2ncc(Br)c(NC(C)C(C)N=O)n2)=C1. The number of nitroso groups, excluding NO2 is 1. The van der Waals surface area contributed by atoms with Crippen molar-refractivity contribution in [1.29, 1.82) is 0 Å². The average Bonchev–Trinajstić information content (AvgIpc) is 2.89. The van der Waals surface area contributed by atoms with Gasteiger partial charge in [0.25, 0.3) is 0 Å². The van der Waals surface area contributed by atoms with Crippen LogP contribution in [-0.4, -0.2) is 37.5 Å². The number of aromatic nitrogens is 2. The third-order valence-corrected chi connectivity index (χ3v) is 5.89. The molecule has 0 aliphatic heterocycles. The first-order chi connectivity index (χ1) is 12.8. The summed E-state index contributed by atoms with van der Waals surface area (Å²) in [6, 6.07) is -0.658. The minimum absolute atomic E-state index is 0.135. The normalized spacial score (nSPS) is 16.6. The van der Waals surface area contributed by atoms with E-state index in [9.17, 15) is 13.3 Å². The average molecular weight is 457 g/mol. The fourth-order valence-corrected chi connectivity index (χ4v) is 3.20. The van der Waals surface area contributed by atoms with Crippen LogP contribution in [0.1, 0.15) is 20.3 Å². The van der Waals surface area contributed by atoms with E-state index in [1.165, 1.54) is 19.2 Å². The summed E-state index contributed by atoms with van der Waals surface area (Å²) < 4.78 is 27.0. The van der Waals surface area contributed by atoms with Crippen LogP contribution >= 0.6 is 15.9 Å². The van der Waals surface area contributed by atoms with Crippen LogP contribution in [0.4, 0.5) is 11.8 Å². The van der Waals surface area contributed by atoms with Gasteiger partial charge in [-0.25, -0.2) is 18.1 Å². The predicted molar refractivity (Wildman–Crippen MR) is 110 cm³/mol. The van der Waals surface area contributed by atoms with Gasteiger partial charge in [0.15, 0.2) is 0 Å². The molecule has 0 saturated heterocycles. The molecule has 11 heteroatoms. The molecule has 1 aromatic rings. The van der Waals surface area contributed by atoms with Gasteiger partial charge < -0.3 is 10.6 Å². The molecule has 2 unspecified atom stereocenters. The van der Waals surface area contributed by atoms with Gasteiger partial charge in [-0.15, -0.1) is 0 Å². The number of rotatable bonds is 8. The number of nitrogens with zero attached hydrogens (tertiary/aromatic N) is 3. The molecule has 0 fully saturated rings. The summed E-state index contributed by atoms with van der Waals surface area (Å²) in [5.41, 5.74) is 0.623. The van der Waals surface area contributed by atoms with Crippen LogP contribution in [-0.2, 0) is 10.0 Å². The zero-order valence-corrected chi connectivity index (χ0v) is 17.5. The topological polar surface area (TPSA) is 125 Å². The Labute approximate surface area is 166 Å². The first-order valence-electron chi connectivity index (χ1n) is 8.16. The number of sulfonamides is 1. The number of nitrogens with one attached hydrogen (secondary N) is 3. The number of hydrogen-bond acceptors (Lipinski definition) is 8. The van der Waals surface area contributed by atoms with Crippen molar-refractivity contribution >= 4 is 37.7 Å². The van der Waals surface area contributed by atoms with Gasteiger partial charge in [0, 0.05) is 18.3 Å². The van der Waals surface area contributed by atoms with Crippen molar-refractivity contribution in [2.24, 2.45) is 5.18 Å². The minimum Gasteiger partial charge on any atom is -0.364 e. The quantitative estimate of drug-likeness (QED) is 0.513. The highest BCUT2D eigenvalue weighted by molar-refractivity contribution is 9.10. The molecule has 1 aromatic heterocycles. The van der Waals surface area contributed by atoms with E-state index in [0.29, 0.717) is 28.4 Å². The molecular formula is C16H21BrN6O3S. The summed E-state index contributed by atoms with van der Waals surface area (Å²) in [7, 11) is -2.21. The second-order valence-corrected chi connectivity index (χ2v) is 8.61. The molecule has 9 nitrogen and oxygen atoms in total. The molecular weight excluding hydrogens is 436 g/mol. The Hall–Kier alpha value is -2.11. The highest BCUT2D eigenvalue weighted by atomic mass is 79.9. The van der Waals surface area contributed by atoms with E-state index in [1.807, 2.05) is 13.0 Å². The van der Waals surface area contributed by atoms with Gasteiger partial charge in [0.05, 0.1) is 15.4 Å². The van der Waals surface area contributed by atoms with E-state index in [2.05, 4.69) is 46.4 Å². The van der Waals surface area contributed by atoms with Gasteiger partial charge in [0.2, 0.25) is 16.0 Å². The predicted octanol–water partition coefficient (Wildman–Crippen LogP) is 2.88. The molecule has 0 saturated carbocycles. The zero-order valence-electron chi connectivity index (χ0n) is 15.1. The molecule has 1 aliphatic rings. The zero-order chi connectivity index (χ0) is 20.0. The molecule has 0 bridgehead atoms. The van der Waals surface area contributed by atoms with Gasteiger partial charge >= 0.3 is 0 Å². The monoisotopic (exact) mass is 456 g/mol. The number of halogens is 1. The van der Waals surface area contributed by atoms with Crippen LogP contribution in [0.5, 0.6) is 0 Å². The van der Waals surface area contributed by atoms with Gasteiger partial charge in [0.1, 0.15) is 11.9 Å². The van der Waals surface area contributed by atoms with E-state index >= 15 is 0 Å². The molecule has 1 heterocycles. The second-order valence-electron chi connectivity index (χ2n) is 5.87. The fraction of sp³-hybridized carbons (Fsp3) is 0.375. The molecule has 2 rings (SSSR count). The molecule has 2 atom stereocenters. The Balaban J connectivity index is 2.24. The fourth-order valence-electron chi connectivity index (χ4n) is 2.11. The van der Waals surface area contributed by atoms with Crippen LogP contribution in [0.2, 0.25) is 0 Å². The smallest absolute Gasteiger partial charge is 0.240 e. The Bertz CT molecular complexity index is 897. The molecule has 0 amide bonds. The molecule has 0 spiro atoms. The number of hydrogen-bond donors (Lipinski definition) is 3. The number of allylic oxidation sites excluding steroid dienone is 4. The van der Waals surface area contributed by atoms with Gasteiger partial charge in [-0.05, 0) is 49.0 Å². The molecule has 0 aromatic carbocycles. The Morgan fingerprint density at radius 2 is 2.07 bits per heavy atom. The largest absolute Gasteiger partial charge is 0.364 e. The summed E-state index contributed by atoms with van der Waals surface area (Å²) in [5.74, 6) is 0.793. The van der Waals surface area contributed by atoms with Crippen LogP contribution in [0, 0.1) is 4.91 Å². The molecule has 3 N–H and O–H groups in total. The first kappa shape index (κ1) is 21.2. The van der Waals surface area contributed by atoms with E-state index in [4.69, 9.17) is 0 Å². The van der Waals surface area contributed by atoms with Gasteiger partial charge in [-0.3, -0.25) is 0 Å². The van der Waals surface area contributed by atoms with E-state index in [1.54, 1.807) is 19.2 Å².